The summed E-state index contributed by atoms with van der Waals surface area (Å²) in [7, 11) is 0. The Morgan fingerprint density at radius 1 is 1.64 bits per heavy atom. The lowest BCUT2D eigenvalue weighted by atomic mass is 10.3. The Morgan fingerprint density at radius 2 is 2.27 bits per heavy atom. The van der Waals surface area contributed by atoms with Crippen molar-refractivity contribution in [2.75, 3.05) is 6.54 Å². The van der Waals surface area contributed by atoms with E-state index < -0.39 is 0 Å². The molecule has 0 spiro atoms. The summed E-state index contributed by atoms with van der Waals surface area (Å²) in [6.07, 6.45) is 5.01. The number of nitrogens with zero attached hydrogens (tertiary/aromatic N) is 1. The van der Waals surface area contributed by atoms with Crippen LogP contribution in [0.3, 0.4) is 0 Å². The van der Waals surface area contributed by atoms with Crippen LogP contribution in [0.1, 0.15) is 20.3 Å². The molecule has 0 aliphatic rings. The summed E-state index contributed by atoms with van der Waals surface area (Å²) in [6, 6.07) is 0. The topological polar surface area (TPSA) is 12.4 Å². The Balaban J connectivity index is 3.65. The number of halogens is 1. The van der Waals surface area contributed by atoms with Gasteiger partial charge in [-0.05, 0) is 25.8 Å². The molecule has 0 aromatic heterocycles. The molecule has 1 nitrogen and oxygen atoms in total. The van der Waals surface area contributed by atoms with Gasteiger partial charge in [0.2, 0.25) is 0 Å². The van der Waals surface area contributed by atoms with Crippen LogP contribution in [-0.4, -0.2) is 11.7 Å². The second-order valence-corrected chi connectivity index (χ2v) is 2.67. The molecule has 62 valence electrons. The van der Waals surface area contributed by atoms with Gasteiger partial charge in [0, 0.05) is 6.54 Å². The van der Waals surface area contributed by atoms with Crippen LogP contribution < -0.4 is 0 Å². The van der Waals surface area contributed by atoms with E-state index in [4.69, 9.17) is 11.6 Å². The third kappa shape index (κ3) is 5.86. The normalized spacial score (nSPS) is 12.5. The molecule has 0 saturated carbocycles. The molecule has 0 fully saturated rings. The van der Waals surface area contributed by atoms with Gasteiger partial charge in [-0.15, -0.1) is 0 Å². The minimum atomic E-state index is 0.537. The maximum Gasteiger partial charge on any atom is 0.125 e. The highest BCUT2D eigenvalue weighted by Gasteiger charge is 1.90. The van der Waals surface area contributed by atoms with Crippen LogP contribution in [0.25, 0.3) is 0 Å². The number of rotatable bonds is 4. The lowest BCUT2D eigenvalue weighted by molar-refractivity contribution is 1.01. The van der Waals surface area contributed by atoms with E-state index in [0.29, 0.717) is 5.17 Å². The van der Waals surface area contributed by atoms with Crippen molar-refractivity contribution in [3.05, 3.63) is 24.3 Å². The molecule has 0 aliphatic carbocycles. The van der Waals surface area contributed by atoms with Gasteiger partial charge in [-0.2, -0.15) is 0 Å². The van der Waals surface area contributed by atoms with Crippen molar-refractivity contribution in [2.24, 2.45) is 4.99 Å². The van der Waals surface area contributed by atoms with Crippen molar-refractivity contribution in [3.8, 4) is 0 Å². The van der Waals surface area contributed by atoms with Gasteiger partial charge in [-0.25, -0.2) is 0 Å². The van der Waals surface area contributed by atoms with Gasteiger partial charge in [0.1, 0.15) is 5.17 Å². The molecular weight excluding hydrogens is 158 g/mol. The van der Waals surface area contributed by atoms with Crippen LogP contribution in [0, 0.1) is 0 Å². The third-order valence-corrected chi connectivity index (χ3v) is 1.58. The van der Waals surface area contributed by atoms with Crippen LogP contribution in [0.4, 0.5) is 0 Å². The lowest BCUT2D eigenvalue weighted by Crippen LogP contribution is -1.89. The zero-order valence-corrected chi connectivity index (χ0v) is 7.86. The van der Waals surface area contributed by atoms with E-state index in [9.17, 15) is 0 Å². The minimum absolute atomic E-state index is 0.537. The molecule has 0 amide bonds. The smallest absolute Gasteiger partial charge is 0.125 e. The standard InChI is InChI=1S/C9H14ClN/c1-4-5-6-7-11-9(10)8(2)3/h4-5H,2,6-7H2,1,3H3. The highest BCUT2D eigenvalue weighted by atomic mass is 35.5. The van der Waals surface area contributed by atoms with Crippen LogP contribution >= 0.6 is 11.6 Å². The first-order valence-corrected chi connectivity index (χ1v) is 4.03. The molecule has 0 N–H and O–H groups in total. The summed E-state index contributed by atoms with van der Waals surface area (Å²) in [5, 5.41) is 0.537. The number of allylic oxidation sites excluding steroid dienone is 2. The highest BCUT2D eigenvalue weighted by molar-refractivity contribution is 6.69. The van der Waals surface area contributed by atoms with Gasteiger partial charge in [-0.3, -0.25) is 4.99 Å². The zero-order valence-electron chi connectivity index (χ0n) is 7.10. The van der Waals surface area contributed by atoms with E-state index in [1.165, 1.54) is 0 Å². The van der Waals surface area contributed by atoms with Gasteiger partial charge in [0.05, 0.1) is 0 Å². The molecular formula is C9H14ClN. The predicted molar refractivity (Wildman–Crippen MR) is 52.4 cm³/mol. The van der Waals surface area contributed by atoms with Crippen LogP contribution in [-0.2, 0) is 0 Å². The first-order chi connectivity index (χ1) is 5.18. The maximum atomic E-state index is 5.72. The maximum absolute atomic E-state index is 5.72. The van der Waals surface area contributed by atoms with Crippen molar-refractivity contribution in [1.29, 1.82) is 0 Å². The molecule has 2 heteroatoms. The summed E-state index contributed by atoms with van der Waals surface area (Å²) in [6.45, 7) is 8.26. The van der Waals surface area contributed by atoms with Gasteiger partial charge >= 0.3 is 0 Å². The Kier molecular flexibility index (Phi) is 5.86. The Labute approximate surface area is 73.5 Å². The van der Waals surface area contributed by atoms with Crippen molar-refractivity contribution in [2.45, 2.75) is 20.3 Å². The molecule has 0 aromatic carbocycles. The molecule has 0 radical (unpaired) electrons. The minimum Gasteiger partial charge on any atom is -0.273 e. The Hall–Kier alpha value is -0.560. The molecule has 0 heterocycles. The molecule has 0 aliphatic heterocycles. The van der Waals surface area contributed by atoms with Crippen molar-refractivity contribution in [1.82, 2.24) is 0 Å². The quantitative estimate of drug-likeness (QED) is 0.350. The summed E-state index contributed by atoms with van der Waals surface area (Å²) in [5.41, 5.74) is 0.826. The fraction of sp³-hybridized carbons (Fsp3) is 0.444. The van der Waals surface area contributed by atoms with Crippen molar-refractivity contribution >= 4 is 16.8 Å². The van der Waals surface area contributed by atoms with Gasteiger partial charge in [0.25, 0.3) is 0 Å². The molecule has 0 aromatic rings. The highest BCUT2D eigenvalue weighted by Crippen LogP contribution is 1.98. The lowest BCUT2D eigenvalue weighted by Gasteiger charge is -1.93. The molecule has 0 atom stereocenters. The summed E-state index contributed by atoms with van der Waals surface area (Å²) in [4.78, 5) is 4.09. The molecule has 0 saturated heterocycles. The molecule has 11 heavy (non-hydrogen) atoms. The monoisotopic (exact) mass is 171 g/mol. The molecule has 0 rings (SSSR count). The Bertz CT molecular complexity index is 180. The van der Waals surface area contributed by atoms with Gasteiger partial charge in [0.15, 0.2) is 0 Å². The van der Waals surface area contributed by atoms with Crippen molar-refractivity contribution < 1.29 is 0 Å². The van der Waals surface area contributed by atoms with Crippen LogP contribution in [0.5, 0.6) is 0 Å². The number of hydrogen-bond donors (Lipinski definition) is 0. The van der Waals surface area contributed by atoms with E-state index in [1.807, 2.05) is 19.9 Å². The van der Waals surface area contributed by atoms with Crippen LogP contribution in [0.15, 0.2) is 29.3 Å². The van der Waals surface area contributed by atoms with E-state index in [2.05, 4.69) is 17.6 Å². The van der Waals surface area contributed by atoms with E-state index in [0.717, 1.165) is 18.5 Å². The van der Waals surface area contributed by atoms with Crippen molar-refractivity contribution in [3.63, 3.8) is 0 Å². The molecule has 0 unspecified atom stereocenters. The first-order valence-electron chi connectivity index (χ1n) is 3.65. The second-order valence-electron chi connectivity index (χ2n) is 2.31. The third-order valence-electron chi connectivity index (χ3n) is 1.13. The number of aliphatic imine (C=N–C) groups is 1. The van der Waals surface area contributed by atoms with Gasteiger partial charge < -0.3 is 0 Å². The van der Waals surface area contributed by atoms with E-state index >= 15 is 0 Å². The first kappa shape index (κ1) is 10.4. The average Bonchev–Trinajstić information content (AvgIpc) is 1.97. The predicted octanol–water partition coefficient (Wildman–Crippen LogP) is 3.17. The second kappa shape index (κ2) is 6.17. The summed E-state index contributed by atoms with van der Waals surface area (Å²) in [5.74, 6) is 0. The van der Waals surface area contributed by atoms with Crippen LogP contribution in [0.2, 0.25) is 0 Å². The summed E-state index contributed by atoms with van der Waals surface area (Å²) < 4.78 is 0. The average molecular weight is 172 g/mol. The zero-order chi connectivity index (χ0) is 8.69. The fourth-order valence-electron chi connectivity index (χ4n) is 0.539. The SMILES string of the molecule is C=C(C)C(Cl)=NCCC=CC. The molecule has 0 bridgehead atoms. The van der Waals surface area contributed by atoms with Gasteiger partial charge in [-0.1, -0.05) is 30.3 Å². The van der Waals surface area contributed by atoms with E-state index in [1.54, 1.807) is 0 Å². The Morgan fingerprint density at radius 3 is 2.73 bits per heavy atom. The largest absolute Gasteiger partial charge is 0.273 e. The fourth-order valence-corrected chi connectivity index (χ4v) is 0.623. The summed E-state index contributed by atoms with van der Waals surface area (Å²) >= 11 is 5.72. The number of hydrogen-bond acceptors (Lipinski definition) is 1. The van der Waals surface area contributed by atoms with E-state index in [-0.39, 0.29) is 0 Å².